The molecule has 5 heteroatoms. The number of aromatic nitrogens is 1. The van der Waals surface area contributed by atoms with Crippen LogP contribution in [0, 0.1) is 11.7 Å². The highest BCUT2D eigenvalue weighted by Gasteiger charge is 2.28. The SMILES string of the molecule is O=C(NC1CCCC1CCO)c1ccncc1F. The van der Waals surface area contributed by atoms with Crippen molar-refractivity contribution in [3.63, 3.8) is 0 Å². The van der Waals surface area contributed by atoms with Crippen molar-refractivity contribution in [2.24, 2.45) is 5.92 Å². The van der Waals surface area contributed by atoms with E-state index in [1.807, 2.05) is 0 Å². The first-order valence-corrected chi connectivity index (χ1v) is 6.23. The van der Waals surface area contributed by atoms with Crippen LogP contribution in [0.5, 0.6) is 0 Å². The summed E-state index contributed by atoms with van der Waals surface area (Å²) in [5.41, 5.74) is 0.0275. The Morgan fingerprint density at radius 1 is 1.56 bits per heavy atom. The lowest BCUT2D eigenvalue weighted by molar-refractivity contribution is 0.0918. The Bertz CT molecular complexity index is 425. The van der Waals surface area contributed by atoms with Gasteiger partial charge in [-0.25, -0.2) is 4.39 Å². The number of hydrogen-bond acceptors (Lipinski definition) is 3. The molecule has 18 heavy (non-hydrogen) atoms. The summed E-state index contributed by atoms with van der Waals surface area (Å²) < 4.78 is 13.4. The van der Waals surface area contributed by atoms with Crippen molar-refractivity contribution in [2.45, 2.75) is 31.7 Å². The van der Waals surface area contributed by atoms with Gasteiger partial charge in [0.2, 0.25) is 0 Å². The summed E-state index contributed by atoms with van der Waals surface area (Å²) in [6.45, 7) is 0.126. The van der Waals surface area contributed by atoms with Gasteiger partial charge in [-0.1, -0.05) is 6.42 Å². The van der Waals surface area contributed by atoms with Crippen molar-refractivity contribution in [1.82, 2.24) is 10.3 Å². The van der Waals surface area contributed by atoms with Gasteiger partial charge >= 0.3 is 0 Å². The Hall–Kier alpha value is -1.49. The Morgan fingerprint density at radius 2 is 2.39 bits per heavy atom. The second kappa shape index (κ2) is 5.91. The lowest BCUT2D eigenvalue weighted by Crippen LogP contribution is -2.38. The van der Waals surface area contributed by atoms with Crippen LogP contribution in [0.4, 0.5) is 4.39 Å². The number of halogens is 1. The molecule has 0 saturated heterocycles. The Kier molecular flexibility index (Phi) is 4.25. The molecule has 1 fully saturated rings. The summed E-state index contributed by atoms with van der Waals surface area (Å²) >= 11 is 0. The largest absolute Gasteiger partial charge is 0.396 e. The number of pyridine rings is 1. The summed E-state index contributed by atoms with van der Waals surface area (Å²) in [7, 11) is 0. The van der Waals surface area contributed by atoms with E-state index >= 15 is 0 Å². The van der Waals surface area contributed by atoms with Gasteiger partial charge in [-0.05, 0) is 31.2 Å². The van der Waals surface area contributed by atoms with Gasteiger partial charge < -0.3 is 10.4 Å². The maximum atomic E-state index is 13.4. The van der Waals surface area contributed by atoms with Gasteiger partial charge in [-0.15, -0.1) is 0 Å². The van der Waals surface area contributed by atoms with E-state index in [1.165, 1.54) is 12.3 Å². The van der Waals surface area contributed by atoms with Crippen LogP contribution in [0.3, 0.4) is 0 Å². The van der Waals surface area contributed by atoms with Crippen molar-refractivity contribution in [3.8, 4) is 0 Å². The predicted molar refractivity (Wildman–Crippen MR) is 64.5 cm³/mol. The van der Waals surface area contributed by atoms with Crippen LogP contribution < -0.4 is 5.32 Å². The Balaban J connectivity index is 2.01. The standard InChI is InChI=1S/C13H17FN2O2/c14-11-8-15-6-4-10(11)13(18)16-12-3-1-2-9(12)5-7-17/h4,6,8-9,12,17H,1-3,5,7H2,(H,16,18). The molecule has 0 aromatic carbocycles. The first-order chi connectivity index (χ1) is 8.72. The minimum atomic E-state index is -0.605. The van der Waals surface area contributed by atoms with Crippen LogP contribution in [0.2, 0.25) is 0 Å². The molecule has 1 aliphatic rings. The molecule has 2 N–H and O–H groups in total. The second-order valence-corrected chi connectivity index (χ2v) is 4.64. The van der Waals surface area contributed by atoms with Crippen LogP contribution in [-0.4, -0.2) is 28.6 Å². The average Bonchev–Trinajstić information content (AvgIpc) is 2.78. The van der Waals surface area contributed by atoms with Gasteiger partial charge in [-0.2, -0.15) is 0 Å². The fourth-order valence-corrected chi connectivity index (χ4v) is 2.54. The fraction of sp³-hybridized carbons (Fsp3) is 0.538. The van der Waals surface area contributed by atoms with Gasteiger partial charge in [-0.3, -0.25) is 9.78 Å². The number of amides is 1. The summed E-state index contributed by atoms with van der Waals surface area (Å²) in [5.74, 6) is -0.708. The van der Waals surface area contributed by atoms with Crippen LogP contribution in [0.15, 0.2) is 18.5 Å². The van der Waals surface area contributed by atoms with E-state index in [1.54, 1.807) is 0 Å². The van der Waals surface area contributed by atoms with Crippen molar-refractivity contribution in [1.29, 1.82) is 0 Å². The number of nitrogens with zero attached hydrogens (tertiary/aromatic N) is 1. The summed E-state index contributed by atoms with van der Waals surface area (Å²) in [5, 5.41) is 11.8. The number of rotatable bonds is 4. The lowest BCUT2D eigenvalue weighted by atomic mass is 10.00. The molecule has 1 aromatic heterocycles. The first-order valence-electron chi connectivity index (χ1n) is 6.23. The Morgan fingerprint density at radius 3 is 3.11 bits per heavy atom. The van der Waals surface area contributed by atoms with Crippen LogP contribution >= 0.6 is 0 Å². The van der Waals surface area contributed by atoms with Crippen LogP contribution in [0.25, 0.3) is 0 Å². The molecule has 0 spiro atoms. The molecular weight excluding hydrogens is 235 g/mol. The zero-order valence-corrected chi connectivity index (χ0v) is 10.1. The minimum Gasteiger partial charge on any atom is -0.396 e. The smallest absolute Gasteiger partial charge is 0.254 e. The highest BCUT2D eigenvalue weighted by atomic mass is 19.1. The minimum absolute atomic E-state index is 0.0275. The maximum absolute atomic E-state index is 13.4. The third-order valence-corrected chi connectivity index (χ3v) is 3.49. The van der Waals surface area contributed by atoms with Crippen molar-refractivity contribution >= 4 is 5.91 Å². The van der Waals surface area contributed by atoms with E-state index in [4.69, 9.17) is 5.11 Å². The summed E-state index contributed by atoms with van der Waals surface area (Å²) in [4.78, 5) is 15.5. The van der Waals surface area contributed by atoms with E-state index in [9.17, 15) is 9.18 Å². The molecule has 2 rings (SSSR count). The monoisotopic (exact) mass is 252 g/mol. The first kappa shape index (κ1) is 13.0. The van der Waals surface area contributed by atoms with Gasteiger partial charge in [0.1, 0.15) is 0 Å². The second-order valence-electron chi connectivity index (χ2n) is 4.64. The highest BCUT2D eigenvalue weighted by Crippen LogP contribution is 2.28. The third-order valence-electron chi connectivity index (χ3n) is 3.49. The zero-order chi connectivity index (χ0) is 13.0. The van der Waals surface area contributed by atoms with Gasteiger partial charge in [0.25, 0.3) is 5.91 Å². The van der Waals surface area contributed by atoms with E-state index in [2.05, 4.69) is 10.3 Å². The van der Waals surface area contributed by atoms with Gasteiger partial charge in [0.15, 0.2) is 5.82 Å². The molecule has 0 bridgehead atoms. The van der Waals surface area contributed by atoms with Crippen molar-refractivity contribution in [2.75, 3.05) is 6.61 Å². The topological polar surface area (TPSA) is 62.2 Å². The van der Waals surface area contributed by atoms with E-state index in [-0.39, 0.29) is 18.2 Å². The predicted octanol–water partition coefficient (Wildman–Crippen LogP) is 1.50. The number of carbonyl (C=O) groups excluding carboxylic acids is 1. The van der Waals surface area contributed by atoms with E-state index in [0.29, 0.717) is 12.3 Å². The molecule has 1 aromatic rings. The average molecular weight is 252 g/mol. The molecule has 0 radical (unpaired) electrons. The van der Waals surface area contributed by atoms with Crippen molar-refractivity contribution < 1.29 is 14.3 Å². The molecular formula is C13H17FN2O2. The third kappa shape index (κ3) is 2.85. The van der Waals surface area contributed by atoms with Crippen molar-refractivity contribution in [3.05, 3.63) is 29.8 Å². The number of carbonyl (C=O) groups is 1. The molecule has 1 aliphatic carbocycles. The number of hydrogen-bond donors (Lipinski definition) is 2. The quantitative estimate of drug-likeness (QED) is 0.853. The molecule has 2 unspecified atom stereocenters. The van der Waals surface area contributed by atoms with Crippen LogP contribution in [-0.2, 0) is 0 Å². The van der Waals surface area contributed by atoms with Gasteiger partial charge in [0.05, 0.1) is 11.8 Å². The fourth-order valence-electron chi connectivity index (χ4n) is 2.54. The van der Waals surface area contributed by atoms with Crippen LogP contribution in [0.1, 0.15) is 36.0 Å². The molecule has 4 nitrogen and oxygen atoms in total. The molecule has 2 atom stereocenters. The maximum Gasteiger partial charge on any atom is 0.254 e. The molecule has 1 saturated carbocycles. The van der Waals surface area contributed by atoms with E-state index in [0.717, 1.165) is 25.5 Å². The molecule has 0 aliphatic heterocycles. The molecule has 98 valence electrons. The lowest BCUT2D eigenvalue weighted by Gasteiger charge is -2.20. The summed E-state index contributed by atoms with van der Waals surface area (Å²) in [6.07, 6.45) is 6.05. The summed E-state index contributed by atoms with van der Waals surface area (Å²) in [6, 6.07) is 1.41. The highest BCUT2D eigenvalue weighted by molar-refractivity contribution is 5.94. The number of aliphatic hydroxyl groups is 1. The zero-order valence-electron chi connectivity index (χ0n) is 10.1. The Labute approximate surface area is 105 Å². The van der Waals surface area contributed by atoms with E-state index < -0.39 is 11.7 Å². The molecule has 1 amide bonds. The van der Waals surface area contributed by atoms with Gasteiger partial charge in [0, 0.05) is 18.8 Å². The normalized spacial score (nSPS) is 23.0. The molecule has 1 heterocycles. The number of aliphatic hydroxyl groups excluding tert-OH is 1. The number of nitrogens with one attached hydrogen (secondary N) is 1.